The summed E-state index contributed by atoms with van der Waals surface area (Å²) >= 11 is 0. The monoisotopic (exact) mass is 418 g/mol. The number of pyridine rings is 2. The Hall–Kier alpha value is -4.32. The minimum absolute atomic E-state index is 0.399. The first-order chi connectivity index (χ1) is 15.7. The lowest BCUT2D eigenvalue weighted by Gasteiger charge is -2.19. The summed E-state index contributed by atoms with van der Waals surface area (Å²) in [4.78, 5) is 35.1. The van der Waals surface area contributed by atoms with Crippen molar-refractivity contribution in [3.63, 3.8) is 0 Å². The number of nitrogens with zero attached hydrogens (tertiary/aromatic N) is 2. The van der Waals surface area contributed by atoms with E-state index in [1.807, 2.05) is 48.5 Å². The van der Waals surface area contributed by atoms with Crippen LogP contribution in [0.15, 0.2) is 79.1 Å². The highest BCUT2D eigenvalue weighted by atomic mass is 16.4. The zero-order valence-corrected chi connectivity index (χ0v) is 16.7. The molecule has 32 heavy (non-hydrogen) atoms. The highest BCUT2D eigenvalue weighted by Crippen LogP contribution is 2.36. The van der Waals surface area contributed by atoms with Gasteiger partial charge in [-0.2, -0.15) is 0 Å². The van der Waals surface area contributed by atoms with Gasteiger partial charge >= 0.3 is 11.3 Å². The van der Waals surface area contributed by atoms with Crippen molar-refractivity contribution in [2.75, 3.05) is 0 Å². The van der Waals surface area contributed by atoms with E-state index in [1.54, 1.807) is 12.1 Å². The second-order valence-corrected chi connectivity index (χ2v) is 8.04. The van der Waals surface area contributed by atoms with Crippen LogP contribution in [0, 0.1) is 0 Å². The summed E-state index contributed by atoms with van der Waals surface area (Å²) in [5.74, 6) is 0. The van der Waals surface area contributed by atoms with Gasteiger partial charge in [0.1, 0.15) is 11.2 Å². The molecule has 0 atom stereocenters. The van der Waals surface area contributed by atoms with Gasteiger partial charge in [0.15, 0.2) is 0 Å². The molecule has 6 heteroatoms. The maximum Gasteiger partial charge on any atom is 0.345 e. The van der Waals surface area contributed by atoms with Gasteiger partial charge in [0.25, 0.3) is 0 Å². The minimum atomic E-state index is -0.423. The maximum absolute atomic E-state index is 12.7. The Morgan fingerprint density at radius 1 is 0.656 bits per heavy atom. The fourth-order valence-electron chi connectivity index (χ4n) is 4.71. The maximum atomic E-state index is 12.7. The van der Waals surface area contributed by atoms with Gasteiger partial charge in [0.2, 0.25) is 0 Å². The van der Waals surface area contributed by atoms with E-state index < -0.39 is 11.3 Å². The first-order valence-electron chi connectivity index (χ1n) is 10.4. The summed E-state index contributed by atoms with van der Waals surface area (Å²) in [6.45, 7) is 0. The van der Waals surface area contributed by atoms with Gasteiger partial charge in [-0.05, 0) is 54.8 Å². The van der Waals surface area contributed by atoms with Gasteiger partial charge in [-0.25, -0.2) is 14.6 Å². The molecule has 7 rings (SSSR count). The molecule has 0 unspecified atom stereocenters. The molecule has 0 radical (unpaired) electrons. The topological polar surface area (TPSA) is 86.2 Å². The lowest BCUT2D eigenvalue weighted by Crippen LogP contribution is -2.12. The Bertz CT molecular complexity index is 1880. The van der Waals surface area contributed by atoms with Crippen LogP contribution < -0.4 is 11.3 Å². The quantitative estimate of drug-likeness (QED) is 0.261. The number of aryl methyl sites for hydroxylation is 2. The summed E-state index contributed by atoms with van der Waals surface area (Å²) in [5.41, 5.74) is 4.82. The van der Waals surface area contributed by atoms with E-state index in [-0.39, 0.29) is 0 Å². The molecule has 152 valence electrons. The van der Waals surface area contributed by atoms with Crippen LogP contribution >= 0.6 is 0 Å². The van der Waals surface area contributed by atoms with Crippen LogP contribution in [0.25, 0.3) is 55.0 Å². The summed E-state index contributed by atoms with van der Waals surface area (Å²) in [5, 5.41) is 2.47. The van der Waals surface area contributed by atoms with E-state index in [4.69, 9.17) is 18.8 Å². The summed E-state index contributed by atoms with van der Waals surface area (Å²) in [6, 6.07) is 18.5. The minimum Gasteiger partial charge on any atom is -0.422 e. The summed E-state index contributed by atoms with van der Waals surface area (Å²) in [7, 11) is 0. The summed E-state index contributed by atoms with van der Waals surface area (Å²) < 4.78 is 11.0. The van der Waals surface area contributed by atoms with E-state index in [2.05, 4.69) is 0 Å². The van der Waals surface area contributed by atoms with Crippen molar-refractivity contribution in [3.05, 3.63) is 92.8 Å². The van der Waals surface area contributed by atoms with Crippen LogP contribution in [0.1, 0.15) is 11.3 Å². The van der Waals surface area contributed by atoms with Crippen LogP contribution in [-0.4, -0.2) is 9.97 Å². The molecule has 0 aliphatic heterocycles. The van der Waals surface area contributed by atoms with Gasteiger partial charge < -0.3 is 8.83 Å². The summed E-state index contributed by atoms with van der Waals surface area (Å²) in [6.07, 6.45) is 1.40. The van der Waals surface area contributed by atoms with Gasteiger partial charge in [-0.15, -0.1) is 0 Å². The van der Waals surface area contributed by atoms with Crippen molar-refractivity contribution in [1.29, 1.82) is 0 Å². The smallest absolute Gasteiger partial charge is 0.345 e. The fraction of sp³-hybridized carbons (Fsp3) is 0.0769. The second-order valence-electron chi connectivity index (χ2n) is 8.04. The molecule has 0 saturated carbocycles. The van der Waals surface area contributed by atoms with E-state index >= 15 is 0 Å². The number of aromatic nitrogens is 2. The SMILES string of the molecule is O=c1oc2ccccc2c2nc3c(cc12)-c1nc2c(cc1CC3)c(=O)oc1ccccc12. The molecule has 6 aromatic rings. The normalized spacial score (nSPS) is 13.0. The zero-order valence-electron chi connectivity index (χ0n) is 16.7. The number of hydrogen-bond donors (Lipinski definition) is 0. The van der Waals surface area contributed by atoms with Gasteiger partial charge in [0.05, 0.1) is 33.2 Å². The molecule has 0 amide bonds. The largest absolute Gasteiger partial charge is 0.422 e. The predicted octanol–water partition coefficient (Wildman–Crippen LogP) is 4.76. The van der Waals surface area contributed by atoms with Crippen LogP contribution in [0.4, 0.5) is 0 Å². The molecule has 4 heterocycles. The van der Waals surface area contributed by atoms with E-state index in [0.717, 1.165) is 33.3 Å². The van der Waals surface area contributed by atoms with Crippen LogP contribution in [0.3, 0.4) is 0 Å². The van der Waals surface area contributed by atoms with Crippen molar-refractivity contribution >= 4 is 43.7 Å². The van der Waals surface area contributed by atoms with Crippen molar-refractivity contribution in [2.45, 2.75) is 12.8 Å². The molecule has 0 N–H and O–H groups in total. The van der Waals surface area contributed by atoms with Crippen LogP contribution in [-0.2, 0) is 12.8 Å². The molecular formula is C26H14N2O4. The first kappa shape index (κ1) is 17.4. The van der Waals surface area contributed by atoms with Crippen LogP contribution in [0.2, 0.25) is 0 Å². The van der Waals surface area contributed by atoms with Gasteiger partial charge in [-0.1, -0.05) is 24.3 Å². The molecule has 0 fully saturated rings. The van der Waals surface area contributed by atoms with Crippen molar-refractivity contribution in [1.82, 2.24) is 9.97 Å². The van der Waals surface area contributed by atoms with Crippen LogP contribution in [0.5, 0.6) is 0 Å². The van der Waals surface area contributed by atoms with E-state index in [0.29, 0.717) is 45.8 Å². The predicted molar refractivity (Wildman–Crippen MR) is 122 cm³/mol. The third-order valence-electron chi connectivity index (χ3n) is 6.22. The average molecular weight is 418 g/mol. The van der Waals surface area contributed by atoms with Crippen molar-refractivity contribution < 1.29 is 8.83 Å². The Kier molecular flexibility index (Phi) is 3.31. The molecular weight excluding hydrogens is 404 g/mol. The number of rotatable bonds is 0. The number of hydrogen-bond acceptors (Lipinski definition) is 6. The Morgan fingerprint density at radius 3 is 1.94 bits per heavy atom. The third kappa shape index (κ3) is 2.29. The molecule has 4 aromatic heterocycles. The molecule has 0 bridgehead atoms. The lowest BCUT2D eigenvalue weighted by atomic mass is 9.90. The number of fused-ring (bicyclic) bond motifs is 9. The van der Waals surface area contributed by atoms with Crippen molar-refractivity contribution in [2.24, 2.45) is 0 Å². The Morgan fingerprint density at radius 2 is 1.25 bits per heavy atom. The molecule has 6 nitrogen and oxygen atoms in total. The Balaban J connectivity index is 1.60. The first-order valence-corrected chi connectivity index (χ1v) is 10.4. The zero-order chi connectivity index (χ0) is 21.4. The third-order valence-corrected chi connectivity index (χ3v) is 6.22. The van der Waals surface area contributed by atoms with E-state index in [1.165, 1.54) is 0 Å². The lowest BCUT2D eigenvalue weighted by molar-refractivity contribution is 0.569. The molecule has 0 spiro atoms. The van der Waals surface area contributed by atoms with Gasteiger partial charge in [0, 0.05) is 16.3 Å². The molecule has 1 aliphatic rings. The number of para-hydroxylation sites is 2. The van der Waals surface area contributed by atoms with E-state index in [9.17, 15) is 9.59 Å². The Labute approximate surface area is 179 Å². The van der Waals surface area contributed by atoms with Gasteiger partial charge in [-0.3, -0.25) is 4.98 Å². The second kappa shape index (κ2) is 6.11. The molecule has 2 aromatic carbocycles. The molecule has 0 saturated heterocycles. The average Bonchev–Trinajstić information content (AvgIpc) is 2.82. The highest BCUT2D eigenvalue weighted by molar-refractivity contribution is 6.05. The fourth-order valence-corrected chi connectivity index (χ4v) is 4.71. The standard InChI is InChI=1S/C26H14N2O4/c29-25-17-11-13-9-10-19-16(22(13)28-24(17)15-6-2-4-8-21(15)31-25)12-18-23(27-19)14-5-1-3-7-20(14)32-26(18)30/h1-8,11-12H,9-10H2. The molecule has 1 aliphatic carbocycles. The highest BCUT2D eigenvalue weighted by Gasteiger charge is 2.23. The van der Waals surface area contributed by atoms with Crippen molar-refractivity contribution in [3.8, 4) is 11.3 Å². The number of benzene rings is 2.